The van der Waals surface area contributed by atoms with Gasteiger partial charge in [0.1, 0.15) is 0 Å². The fourth-order valence-corrected chi connectivity index (χ4v) is 2.78. The van der Waals surface area contributed by atoms with E-state index in [4.69, 9.17) is 4.74 Å². The zero-order valence-corrected chi connectivity index (χ0v) is 14.3. The fourth-order valence-electron chi connectivity index (χ4n) is 1.60. The Morgan fingerprint density at radius 2 is 1.70 bits per heavy atom. The monoisotopic (exact) mass is 308 g/mol. The van der Waals surface area contributed by atoms with Crippen molar-refractivity contribution in [1.82, 2.24) is 10.0 Å². The number of hydrogen-bond donors (Lipinski definition) is 2. The average Bonchev–Trinajstić information content (AvgIpc) is 2.32. The molecule has 0 bridgehead atoms. The van der Waals surface area contributed by atoms with Gasteiger partial charge >= 0.3 is 0 Å². The first-order valence-electron chi connectivity index (χ1n) is 7.62. The summed E-state index contributed by atoms with van der Waals surface area (Å²) in [5, 5.41) is 3.28. The minimum atomic E-state index is -3.12. The lowest BCUT2D eigenvalue weighted by Crippen LogP contribution is -2.29. The maximum atomic E-state index is 11.7. The highest BCUT2D eigenvalue weighted by Gasteiger charge is 2.08. The molecule has 0 fully saturated rings. The first-order valence-corrected chi connectivity index (χ1v) is 9.27. The Hall–Kier alpha value is -0.170. The number of hydrogen-bond acceptors (Lipinski definition) is 4. The largest absolute Gasteiger partial charge is 0.381 e. The molecule has 0 unspecified atom stereocenters. The topological polar surface area (TPSA) is 67.4 Å². The van der Waals surface area contributed by atoms with Crippen LogP contribution in [0.1, 0.15) is 47.0 Å². The van der Waals surface area contributed by atoms with E-state index < -0.39 is 10.0 Å². The van der Waals surface area contributed by atoms with Crippen molar-refractivity contribution in [3.05, 3.63) is 0 Å². The molecular formula is C14H32N2O3S. The van der Waals surface area contributed by atoms with Gasteiger partial charge in [0.05, 0.1) is 5.75 Å². The molecule has 0 spiro atoms. The minimum Gasteiger partial charge on any atom is -0.381 e. The van der Waals surface area contributed by atoms with Crippen molar-refractivity contribution in [1.29, 1.82) is 0 Å². The molecule has 0 saturated carbocycles. The molecule has 0 atom stereocenters. The first-order chi connectivity index (χ1) is 9.33. The van der Waals surface area contributed by atoms with Crippen LogP contribution >= 0.6 is 0 Å². The van der Waals surface area contributed by atoms with Gasteiger partial charge in [-0.3, -0.25) is 0 Å². The smallest absolute Gasteiger partial charge is 0.211 e. The van der Waals surface area contributed by atoms with Gasteiger partial charge in [-0.2, -0.15) is 0 Å². The van der Waals surface area contributed by atoms with E-state index in [2.05, 4.69) is 37.7 Å². The molecule has 0 amide bonds. The van der Waals surface area contributed by atoms with Gasteiger partial charge in [0, 0.05) is 25.8 Å². The van der Waals surface area contributed by atoms with Gasteiger partial charge in [-0.25, -0.2) is 13.1 Å². The van der Waals surface area contributed by atoms with Crippen LogP contribution in [0.3, 0.4) is 0 Å². The quantitative estimate of drug-likeness (QED) is 0.509. The third-order valence-electron chi connectivity index (χ3n) is 2.63. The van der Waals surface area contributed by atoms with Crippen LogP contribution in [0.5, 0.6) is 0 Å². The zero-order valence-electron chi connectivity index (χ0n) is 13.4. The second-order valence-electron chi connectivity index (χ2n) is 5.85. The van der Waals surface area contributed by atoms with E-state index in [0.29, 0.717) is 31.5 Å². The second-order valence-corrected chi connectivity index (χ2v) is 7.78. The van der Waals surface area contributed by atoms with E-state index in [1.165, 1.54) is 0 Å². The van der Waals surface area contributed by atoms with Gasteiger partial charge in [-0.15, -0.1) is 0 Å². The molecule has 5 nitrogen and oxygen atoms in total. The third kappa shape index (κ3) is 14.2. The second kappa shape index (κ2) is 11.5. The highest BCUT2D eigenvalue weighted by Crippen LogP contribution is 1.96. The SMILES string of the molecule is CC(C)COCCCNS(=O)(=O)CCCCNC(C)C. The summed E-state index contributed by atoms with van der Waals surface area (Å²) in [5.74, 6) is 0.728. The number of nitrogens with one attached hydrogen (secondary N) is 2. The van der Waals surface area contributed by atoms with E-state index in [9.17, 15) is 8.42 Å². The Balaban J connectivity index is 3.50. The number of unbranched alkanes of at least 4 members (excludes halogenated alkanes) is 1. The molecule has 0 rings (SSSR count). The molecule has 0 aromatic carbocycles. The molecule has 20 heavy (non-hydrogen) atoms. The van der Waals surface area contributed by atoms with Crippen molar-refractivity contribution in [2.24, 2.45) is 5.92 Å². The highest BCUT2D eigenvalue weighted by molar-refractivity contribution is 7.89. The van der Waals surface area contributed by atoms with Crippen LogP contribution in [0.15, 0.2) is 0 Å². The van der Waals surface area contributed by atoms with Crippen LogP contribution in [0.2, 0.25) is 0 Å². The predicted octanol–water partition coefficient (Wildman–Crippen LogP) is 1.75. The van der Waals surface area contributed by atoms with Crippen molar-refractivity contribution in [2.75, 3.05) is 32.1 Å². The third-order valence-corrected chi connectivity index (χ3v) is 4.10. The normalized spacial score (nSPS) is 12.5. The molecule has 2 N–H and O–H groups in total. The fraction of sp³-hybridized carbons (Fsp3) is 1.00. The van der Waals surface area contributed by atoms with Crippen LogP contribution in [-0.2, 0) is 14.8 Å². The molecule has 0 heterocycles. The first kappa shape index (κ1) is 19.8. The van der Waals surface area contributed by atoms with Gasteiger partial charge in [0.15, 0.2) is 0 Å². The summed E-state index contributed by atoms with van der Waals surface area (Å²) in [4.78, 5) is 0. The average molecular weight is 308 g/mol. The van der Waals surface area contributed by atoms with Gasteiger partial charge < -0.3 is 10.1 Å². The van der Waals surface area contributed by atoms with Gasteiger partial charge in [0.2, 0.25) is 10.0 Å². The van der Waals surface area contributed by atoms with Crippen LogP contribution in [0.4, 0.5) is 0 Å². The maximum absolute atomic E-state index is 11.7. The minimum absolute atomic E-state index is 0.208. The van der Waals surface area contributed by atoms with Crippen LogP contribution in [-0.4, -0.2) is 46.5 Å². The Kier molecular flexibility index (Phi) is 11.4. The molecule has 0 aliphatic carbocycles. The molecule has 0 aromatic heterocycles. The standard InChI is InChI=1S/C14H32N2O3S/c1-13(2)12-19-10-7-9-16-20(17,18)11-6-5-8-15-14(3)4/h13-16H,5-12H2,1-4H3. The van der Waals surface area contributed by atoms with Crippen molar-refractivity contribution < 1.29 is 13.2 Å². The lowest BCUT2D eigenvalue weighted by atomic mass is 10.2. The molecule has 0 aliphatic rings. The van der Waals surface area contributed by atoms with E-state index >= 15 is 0 Å². The maximum Gasteiger partial charge on any atom is 0.211 e. The molecule has 122 valence electrons. The lowest BCUT2D eigenvalue weighted by Gasteiger charge is -2.09. The van der Waals surface area contributed by atoms with Gasteiger partial charge in [0.25, 0.3) is 0 Å². The summed E-state index contributed by atoms with van der Waals surface area (Å²) in [7, 11) is -3.12. The van der Waals surface area contributed by atoms with Crippen molar-refractivity contribution >= 4 is 10.0 Å². The van der Waals surface area contributed by atoms with Crippen molar-refractivity contribution in [3.8, 4) is 0 Å². The number of ether oxygens (including phenoxy) is 1. The summed E-state index contributed by atoms with van der Waals surface area (Å²) in [6.07, 6.45) is 2.30. The van der Waals surface area contributed by atoms with Crippen LogP contribution in [0, 0.1) is 5.92 Å². The Bertz CT molecular complexity index is 316. The molecule has 0 aliphatic heterocycles. The van der Waals surface area contributed by atoms with E-state index in [1.807, 2.05) is 0 Å². The molecule has 6 heteroatoms. The summed E-state index contributed by atoms with van der Waals surface area (Å²) in [6, 6.07) is 0.454. The molecule has 0 radical (unpaired) electrons. The molecule has 0 aromatic rings. The highest BCUT2D eigenvalue weighted by atomic mass is 32.2. The molecular weight excluding hydrogens is 276 g/mol. The van der Waals surface area contributed by atoms with Gasteiger partial charge in [-0.05, 0) is 31.7 Å². The lowest BCUT2D eigenvalue weighted by molar-refractivity contribution is 0.108. The van der Waals surface area contributed by atoms with Crippen molar-refractivity contribution in [3.63, 3.8) is 0 Å². The summed E-state index contributed by atoms with van der Waals surface area (Å²) >= 11 is 0. The summed E-state index contributed by atoms with van der Waals surface area (Å²) < 4.78 is 31.4. The van der Waals surface area contributed by atoms with E-state index in [0.717, 1.165) is 26.0 Å². The Labute approximate surface area is 124 Å². The van der Waals surface area contributed by atoms with Crippen LogP contribution < -0.4 is 10.0 Å². The Morgan fingerprint density at radius 3 is 2.30 bits per heavy atom. The number of sulfonamides is 1. The zero-order chi connectivity index (χ0) is 15.4. The predicted molar refractivity (Wildman–Crippen MR) is 84.4 cm³/mol. The summed E-state index contributed by atoms with van der Waals surface area (Å²) in [6.45, 7) is 11.0. The molecule has 0 saturated heterocycles. The van der Waals surface area contributed by atoms with E-state index in [1.54, 1.807) is 0 Å². The Morgan fingerprint density at radius 1 is 1.00 bits per heavy atom. The summed E-state index contributed by atoms with van der Waals surface area (Å²) in [5.41, 5.74) is 0. The van der Waals surface area contributed by atoms with Crippen LogP contribution in [0.25, 0.3) is 0 Å². The van der Waals surface area contributed by atoms with E-state index in [-0.39, 0.29) is 5.75 Å². The number of rotatable bonds is 13. The van der Waals surface area contributed by atoms with Crippen molar-refractivity contribution in [2.45, 2.75) is 53.0 Å². The van der Waals surface area contributed by atoms with Gasteiger partial charge in [-0.1, -0.05) is 27.7 Å².